The number of fused-ring (bicyclic) bond motifs is 1. The zero-order chi connectivity index (χ0) is 27.8. The average Bonchev–Trinajstić information content (AvgIpc) is 3.67. The number of aromatic nitrogens is 4. The van der Waals surface area contributed by atoms with E-state index in [1.807, 2.05) is 41.3 Å². The molecular weight excluding hydrogens is 514 g/mol. The predicted octanol–water partition coefficient (Wildman–Crippen LogP) is 1.31. The predicted molar refractivity (Wildman–Crippen MR) is 147 cm³/mol. The number of aliphatic hydroxyl groups excluding tert-OH is 2. The van der Waals surface area contributed by atoms with E-state index in [0.717, 1.165) is 17.5 Å². The topological polar surface area (TPSA) is 172 Å². The first kappa shape index (κ1) is 26.1. The monoisotopic (exact) mass is 545 g/mol. The summed E-state index contributed by atoms with van der Waals surface area (Å²) in [6.07, 6.45) is -3.66. The van der Waals surface area contributed by atoms with Crippen molar-refractivity contribution in [3.05, 3.63) is 78.1 Å². The van der Waals surface area contributed by atoms with Crippen LogP contribution < -0.4 is 16.0 Å². The summed E-state index contributed by atoms with van der Waals surface area (Å²) in [5, 5.41) is 33.8. The van der Waals surface area contributed by atoms with Crippen molar-refractivity contribution < 1.29 is 24.9 Å². The van der Waals surface area contributed by atoms with Crippen molar-refractivity contribution >= 4 is 28.9 Å². The van der Waals surface area contributed by atoms with Crippen LogP contribution in [0.5, 0.6) is 0 Å². The van der Waals surface area contributed by atoms with Crippen LogP contribution in [0.2, 0.25) is 0 Å². The van der Waals surface area contributed by atoms with Crippen LogP contribution in [0.1, 0.15) is 29.7 Å². The van der Waals surface area contributed by atoms with Gasteiger partial charge in [-0.1, -0.05) is 60.7 Å². The van der Waals surface area contributed by atoms with Gasteiger partial charge in [-0.2, -0.15) is 9.97 Å². The lowest BCUT2D eigenvalue weighted by atomic mass is 9.91. The molecule has 40 heavy (non-hydrogen) atoms. The Bertz CT molecular complexity index is 1450. The van der Waals surface area contributed by atoms with Gasteiger partial charge in [0.05, 0.1) is 6.33 Å². The number of nitrogens with zero attached hydrogens (tertiary/aromatic N) is 5. The highest BCUT2D eigenvalue weighted by atomic mass is 16.6. The summed E-state index contributed by atoms with van der Waals surface area (Å²) in [6, 6.07) is 20.4. The van der Waals surface area contributed by atoms with Gasteiger partial charge in [0.15, 0.2) is 29.3 Å². The molecule has 4 heterocycles. The maximum absolute atomic E-state index is 11.6. The van der Waals surface area contributed by atoms with Gasteiger partial charge in [-0.25, -0.2) is 9.78 Å². The summed E-state index contributed by atoms with van der Waals surface area (Å²) < 4.78 is 6.99. The van der Waals surface area contributed by atoms with E-state index >= 15 is 0 Å². The van der Waals surface area contributed by atoms with E-state index in [9.17, 15) is 20.1 Å². The fourth-order valence-corrected chi connectivity index (χ4v) is 5.42. The molecule has 208 valence electrons. The molecule has 12 heteroatoms. The smallest absolute Gasteiger partial charge is 0.335 e. The van der Waals surface area contributed by atoms with Gasteiger partial charge >= 0.3 is 5.97 Å². The SMILES string of the molecule is N[C@@H]1CCN(c2nc(NCC(c3ccccc3)c3ccccc3)c3ncn([C@@H]4O[C@H](C(=O)O)[C@@H](O)[C@H]4O)c3n2)C1. The molecule has 0 radical (unpaired) electrons. The minimum Gasteiger partial charge on any atom is -0.479 e. The summed E-state index contributed by atoms with van der Waals surface area (Å²) in [6.45, 7) is 1.77. The number of carboxylic acids is 1. The number of nitrogens with two attached hydrogens (primary N) is 1. The third-order valence-electron chi connectivity index (χ3n) is 7.55. The van der Waals surface area contributed by atoms with Crippen LogP contribution in [0.4, 0.5) is 11.8 Å². The van der Waals surface area contributed by atoms with Crippen LogP contribution in [0.25, 0.3) is 11.2 Å². The van der Waals surface area contributed by atoms with Gasteiger partial charge in [-0.3, -0.25) is 4.57 Å². The van der Waals surface area contributed by atoms with Crippen molar-refractivity contribution in [2.45, 2.75) is 42.9 Å². The molecular formula is C28H31N7O5. The van der Waals surface area contributed by atoms with Crippen molar-refractivity contribution in [2.75, 3.05) is 29.9 Å². The Labute approximate surface area is 230 Å². The lowest BCUT2D eigenvalue weighted by Gasteiger charge is -2.21. The molecule has 0 bridgehead atoms. The van der Waals surface area contributed by atoms with Crippen LogP contribution in [-0.4, -0.2) is 84.8 Å². The van der Waals surface area contributed by atoms with E-state index in [4.69, 9.17) is 20.4 Å². The largest absolute Gasteiger partial charge is 0.479 e. The summed E-state index contributed by atoms with van der Waals surface area (Å²) in [4.78, 5) is 27.6. The molecule has 0 saturated carbocycles. The van der Waals surface area contributed by atoms with Crippen LogP contribution in [0, 0.1) is 0 Å². The number of nitrogens with one attached hydrogen (secondary N) is 1. The number of benzene rings is 2. The number of anilines is 2. The minimum absolute atomic E-state index is 0.00684. The molecule has 2 aliphatic heterocycles. The summed E-state index contributed by atoms with van der Waals surface area (Å²) in [5.74, 6) is -0.429. The Morgan fingerprint density at radius 3 is 2.30 bits per heavy atom. The van der Waals surface area contributed by atoms with E-state index in [-0.39, 0.29) is 12.0 Å². The Morgan fingerprint density at radius 1 is 1.05 bits per heavy atom. The Hall–Kier alpha value is -4.10. The zero-order valence-electron chi connectivity index (χ0n) is 21.6. The Balaban J connectivity index is 1.38. The average molecular weight is 546 g/mol. The highest BCUT2D eigenvalue weighted by Gasteiger charge is 2.48. The first-order chi connectivity index (χ1) is 19.4. The molecule has 6 rings (SSSR count). The summed E-state index contributed by atoms with van der Waals surface area (Å²) in [7, 11) is 0. The van der Waals surface area contributed by atoms with E-state index < -0.39 is 30.5 Å². The highest BCUT2D eigenvalue weighted by molar-refractivity contribution is 5.84. The first-order valence-corrected chi connectivity index (χ1v) is 13.2. The van der Waals surface area contributed by atoms with Gasteiger partial charge in [0.2, 0.25) is 5.95 Å². The van der Waals surface area contributed by atoms with Crippen molar-refractivity contribution in [1.82, 2.24) is 19.5 Å². The fourth-order valence-electron chi connectivity index (χ4n) is 5.42. The molecule has 2 aliphatic rings. The molecule has 0 amide bonds. The number of aliphatic hydroxyl groups is 2. The number of rotatable bonds is 8. The standard InChI is InChI=1S/C28H31N7O5/c29-18-11-12-34(14-18)28-32-24(30-13-19(16-7-3-1-4-8-16)17-9-5-2-6-10-17)20-25(33-28)35(15-31-20)26-22(37)21(36)23(40-26)27(38)39/h1-10,15,18-19,21-23,26,36-37H,11-14,29H2,(H,38,39)(H,30,32,33)/t18-,21+,22-,23+,26-/m1/s1. The summed E-state index contributed by atoms with van der Waals surface area (Å²) >= 11 is 0. The van der Waals surface area contributed by atoms with Crippen LogP contribution in [0.3, 0.4) is 0 Å². The molecule has 2 saturated heterocycles. The highest BCUT2D eigenvalue weighted by Crippen LogP contribution is 2.34. The van der Waals surface area contributed by atoms with Crippen molar-refractivity contribution in [2.24, 2.45) is 5.73 Å². The molecule has 0 unspecified atom stereocenters. The van der Waals surface area contributed by atoms with Crippen molar-refractivity contribution in [3.63, 3.8) is 0 Å². The van der Waals surface area contributed by atoms with E-state index in [0.29, 0.717) is 42.6 Å². The second kappa shape index (κ2) is 10.8. The third-order valence-corrected chi connectivity index (χ3v) is 7.55. The lowest BCUT2D eigenvalue weighted by molar-refractivity contribution is -0.155. The molecule has 12 nitrogen and oxygen atoms in total. The molecule has 0 aliphatic carbocycles. The normalized spacial score (nSPS) is 24.7. The van der Waals surface area contributed by atoms with Crippen molar-refractivity contribution in [3.8, 4) is 0 Å². The molecule has 4 aromatic rings. The molecule has 2 aromatic heterocycles. The van der Waals surface area contributed by atoms with E-state index in [2.05, 4.69) is 34.6 Å². The third kappa shape index (κ3) is 4.86. The van der Waals surface area contributed by atoms with Crippen LogP contribution in [0.15, 0.2) is 67.0 Å². The number of aliphatic carboxylic acids is 1. The molecule has 5 atom stereocenters. The molecule has 2 fully saturated rings. The minimum atomic E-state index is -1.60. The fraction of sp³-hybridized carbons (Fsp3) is 0.357. The first-order valence-electron chi connectivity index (χ1n) is 13.2. The van der Waals surface area contributed by atoms with Gasteiger partial charge in [0.25, 0.3) is 0 Å². The molecule has 2 aromatic carbocycles. The van der Waals surface area contributed by atoms with E-state index in [1.54, 1.807) is 0 Å². The summed E-state index contributed by atoms with van der Waals surface area (Å²) in [5.41, 5.74) is 9.20. The zero-order valence-corrected chi connectivity index (χ0v) is 21.6. The molecule has 6 N–H and O–H groups in total. The lowest BCUT2D eigenvalue weighted by Crippen LogP contribution is -2.35. The number of hydrogen-bond donors (Lipinski definition) is 5. The maximum atomic E-state index is 11.6. The number of hydrogen-bond acceptors (Lipinski definition) is 10. The van der Waals surface area contributed by atoms with Gasteiger partial charge in [-0.05, 0) is 17.5 Å². The van der Waals surface area contributed by atoms with Gasteiger partial charge in [0, 0.05) is 31.6 Å². The van der Waals surface area contributed by atoms with Crippen molar-refractivity contribution in [1.29, 1.82) is 0 Å². The van der Waals surface area contributed by atoms with Crippen LogP contribution in [-0.2, 0) is 9.53 Å². The quantitative estimate of drug-likeness (QED) is 0.216. The number of carboxylic acid groups (broad SMARTS) is 1. The van der Waals surface area contributed by atoms with E-state index in [1.165, 1.54) is 10.9 Å². The van der Waals surface area contributed by atoms with Gasteiger partial charge in [-0.15, -0.1) is 0 Å². The van der Waals surface area contributed by atoms with Gasteiger partial charge < -0.3 is 36.0 Å². The van der Waals surface area contributed by atoms with Gasteiger partial charge in [0.1, 0.15) is 12.2 Å². The number of imidazole rings is 1. The number of ether oxygens (including phenoxy) is 1. The Kier molecular flexibility index (Phi) is 7.07. The van der Waals surface area contributed by atoms with Crippen LogP contribution >= 0.6 is 0 Å². The molecule has 0 spiro atoms. The maximum Gasteiger partial charge on any atom is 0.335 e. The number of carbonyl (C=O) groups is 1. The Morgan fingerprint density at radius 2 is 1.73 bits per heavy atom. The second-order valence-corrected chi connectivity index (χ2v) is 10.2. The second-order valence-electron chi connectivity index (χ2n) is 10.2.